The van der Waals surface area contributed by atoms with E-state index in [-0.39, 0.29) is 11.8 Å². The third kappa shape index (κ3) is 2.16. The van der Waals surface area contributed by atoms with Crippen LogP contribution in [0.25, 0.3) is 0 Å². The number of aryl methyl sites for hydroxylation is 1. The first-order valence-electron chi connectivity index (χ1n) is 4.44. The lowest BCUT2D eigenvalue weighted by Crippen LogP contribution is -2.31. The minimum absolute atomic E-state index is 0.110. The Morgan fingerprint density at radius 3 is 2.54 bits per heavy atom. The average Bonchev–Trinajstić information content (AvgIpc) is 2.16. The van der Waals surface area contributed by atoms with E-state index in [1.54, 1.807) is 7.05 Å². The van der Waals surface area contributed by atoms with Crippen molar-refractivity contribution in [3.8, 4) is 0 Å². The van der Waals surface area contributed by atoms with Crippen LogP contribution in [0.3, 0.4) is 0 Å². The van der Waals surface area contributed by atoms with E-state index in [0.717, 1.165) is 11.1 Å². The Labute approximate surface area is 79.0 Å². The molecule has 0 aliphatic rings. The quantitative estimate of drug-likeness (QED) is 0.713. The first-order chi connectivity index (χ1) is 6.16. The van der Waals surface area contributed by atoms with Gasteiger partial charge in [-0.2, -0.15) is 0 Å². The van der Waals surface area contributed by atoms with Gasteiger partial charge < -0.3 is 5.32 Å². The minimum atomic E-state index is -0.110. The van der Waals surface area contributed by atoms with Crippen LogP contribution in [0.5, 0.6) is 0 Å². The number of hydrogen-bond donors (Lipinski definition) is 1. The van der Waals surface area contributed by atoms with Gasteiger partial charge >= 0.3 is 0 Å². The molecule has 0 radical (unpaired) electrons. The minimum Gasteiger partial charge on any atom is -0.310 e. The highest BCUT2D eigenvalue weighted by atomic mass is 16.1. The first kappa shape index (κ1) is 9.93. The third-order valence-corrected chi connectivity index (χ3v) is 2.24. The van der Waals surface area contributed by atoms with Crippen molar-refractivity contribution in [3.63, 3.8) is 0 Å². The summed E-state index contributed by atoms with van der Waals surface area (Å²) in [6, 6.07) is 7.54. The zero-order chi connectivity index (χ0) is 9.84. The van der Waals surface area contributed by atoms with Gasteiger partial charge in [-0.1, -0.05) is 24.3 Å². The van der Waals surface area contributed by atoms with E-state index in [1.807, 2.05) is 38.1 Å². The normalized spacial score (nSPS) is 12.5. The van der Waals surface area contributed by atoms with E-state index in [1.165, 1.54) is 0 Å². The first-order valence-corrected chi connectivity index (χ1v) is 4.44. The molecule has 0 aromatic heterocycles. The summed E-state index contributed by atoms with van der Waals surface area (Å²) >= 11 is 0. The van der Waals surface area contributed by atoms with Crippen LogP contribution in [0, 0.1) is 6.92 Å². The van der Waals surface area contributed by atoms with Gasteiger partial charge in [-0.15, -0.1) is 0 Å². The van der Waals surface area contributed by atoms with E-state index >= 15 is 0 Å². The highest BCUT2D eigenvalue weighted by Crippen LogP contribution is 2.09. The molecule has 1 rings (SSSR count). The Morgan fingerprint density at radius 1 is 1.38 bits per heavy atom. The third-order valence-electron chi connectivity index (χ3n) is 2.24. The molecule has 2 heteroatoms. The van der Waals surface area contributed by atoms with E-state index < -0.39 is 0 Å². The van der Waals surface area contributed by atoms with Crippen molar-refractivity contribution in [1.82, 2.24) is 5.32 Å². The van der Waals surface area contributed by atoms with Crippen molar-refractivity contribution >= 4 is 5.78 Å². The number of likely N-dealkylation sites (N-methyl/N-ethyl adjacent to an activating group) is 1. The summed E-state index contributed by atoms with van der Waals surface area (Å²) in [4.78, 5) is 11.7. The number of benzene rings is 1. The largest absolute Gasteiger partial charge is 0.310 e. The van der Waals surface area contributed by atoms with Crippen molar-refractivity contribution in [2.45, 2.75) is 19.9 Å². The van der Waals surface area contributed by atoms with Crippen molar-refractivity contribution in [3.05, 3.63) is 35.4 Å². The van der Waals surface area contributed by atoms with Gasteiger partial charge in [0.2, 0.25) is 0 Å². The van der Waals surface area contributed by atoms with Crippen LogP contribution in [0.15, 0.2) is 24.3 Å². The van der Waals surface area contributed by atoms with Gasteiger partial charge in [-0.3, -0.25) is 4.79 Å². The van der Waals surface area contributed by atoms with Gasteiger partial charge in [0, 0.05) is 5.56 Å². The standard InChI is InChI=1S/C11H15NO/c1-8-6-4-5-7-10(8)11(13)9(2)12-3/h4-7,9,12H,1-3H3/t9-/m0/s1. The topological polar surface area (TPSA) is 29.1 Å². The molecule has 2 nitrogen and oxygen atoms in total. The number of nitrogens with one attached hydrogen (secondary N) is 1. The molecule has 1 aromatic rings. The predicted molar refractivity (Wildman–Crippen MR) is 54.0 cm³/mol. The lowest BCUT2D eigenvalue weighted by Gasteiger charge is -2.10. The zero-order valence-corrected chi connectivity index (χ0v) is 8.29. The Hall–Kier alpha value is -1.15. The van der Waals surface area contributed by atoms with Crippen LogP contribution in [0.1, 0.15) is 22.8 Å². The number of carbonyl (C=O) groups excluding carboxylic acids is 1. The van der Waals surface area contributed by atoms with Gasteiger partial charge in [0.05, 0.1) is 6.04 Å². The Bertz CT molecular complexity index is 307. The van der Waals surface area contributed by atoms with Crippen molar-refractivity contribution in [2.24, 2.45) is 0 Å². The molecule has 13 heavy (non-hydrogen) atoms. The fraction of sp³-hybridized carbons (Fsp3) is 0.364. The van der Waals surface area contributed by atoms with Crippen LogP contribution >= 0.6 is 0 Å². The van der Waals surface area contributed by atoms with E-state index in [0.29, 0.717) is 0 Å². The maximum Gasteiger partial charge on any atom is 0.179 e. The van der Waals surface area contributed by atoms with Gasteiger partial charge in [-0.05, 0) is 26.5 Å². The number of rotatable bonds is 3. The molecule has 0 bridgehead atoms. The van der Waals surface area contributed by atoms with E-state index in [2.05, 4.69) is 5.32 Å². The lowest BCUT2D eigenvalue weighted by atomic mass is 10.0. The van der Waals surface area contributed by atoms with Crippen LogP contribution < -0.4 is 5.32 Å². The van der Waals surface area contributed by atoms with Crippen molar-refractivity contribution < 1.29 is 4.79 Å². The van der Waals surface area contributed by atoms with E-state index in [4.69, 9.17) is 0 Å². The average molecular weight is 177 g/mol. The molecule has 0 saturated carbocycles. The number of hydrogen-bond acceptors (Lipinski definition) is 2. The Balaban J connectivity index is 2.95. The summed E-state index contributed by atoms with van der Waals surface area (Å²) < 4.78 is 0. The lowest BCUT2D eigenvalue weighted by molar-refractivity contribution is 0.0954. The molecule has 0 spiro atoms. The number of ketones is 1. The molecule has 0 saturated heterocycles. The molecule has 1 N–H and O–H groups in total. The zero-order valence-electron chi connectivity index (χ0n) is 8.29. The van der Waals surface area contributed by atoms with Crippen molar-refractivity contribution in [1.29, 1.82) is 0 Å². The van der Waals surface area contributed by atoms with Gasteiger partial charge in [0.15, 0.2) is 5.78 Å². The highest BCUT2D eigenvalue weighted by molar-refractivity contribution is 6.00. The van der Waals surface area contributed by atoms with Gasteiger partial charge in [0.1, 0.15) is 0 Å². The summed E-state index contributed by atoms with van der Waals surface area (Å²) in [5.74, 6) is 0.153. The van der Waals surface area contributed by atoms with Crippen molar-refractivity contribution in [2.75, 3.05) is 7.05 Å². The smallest absolute Gasteiger partial charge is 0.179 e. The SMILES string of the molecule is CN[C@@H](C)C(=O)c1ccccc1C. The summed E-state index contributed by atoms with van der Waals surface area (Å²) in [7, 11) is 1.79. The van der Waals surface area contributed by atoms with Gasteiger partial charge in [0.25, 0.3) is 0 Å². The molecule has 0 amide bonds. The molecular weight excluding hydrogens is 162 g/mol. The molecule has 0 aliphatic carbocycles. The summed E-state index contributed by atoms with van der Waals surface area (Å²) in [5.41, 5.74) is 1.85. The Kier molecular flexibility index (Phi) is 3.20. The fourth-order valence-electron chi connectivity index (χ4n) is 1.21. The second-order valence-corrected chi connectivity index (χ2v) is 3.19. The fourth-order valence-corrected chi connectivity index (χ4v) is 1.21. The van der Waals surface area contributed by atoms with Crippen LogP contribution in [-0.2, 0) is 0 Å². The molecule has 0 fully saturated rings. The maximum absolute atomic E-state index is 11.7. The molecule has 0 heterocycles. The highest BCUT2D eigenvalue weighted by Gasteiger charge is 2.13. The van der Waals surface area contributed by atoms with E-state index in [9.17, 15) is 4.79 Å². The molecule has 0 aliphatic heterocycles. The number of Topliss-reactive ketones (excluding diaryl/α,β-unsaturated/α-hetero) is 1. The van der Waals surface area contributed by atoms with Crippen LogP contribution in [-0.4, -0.2) is 18.9 Å². The molecular formula is C11H15NO. The van der Waals surface area contributed by atoms with Gasteiger partial charge in [-0.25, -0.2) is 0 Å². The number of carbonyl (C=O) groups is 1. The molecule has 70 valence electrons. The van der Waals surface area contributed by atoms with Crippen LogP contribution in [0.4, 0.5) is 0 Å². The Morgan fingerprint density at radius 2 is 2.00 bits per heavy atom. The summed E-state index contributed by atoms with van der Waals surface area (Å²) in [6.45, 7) is 3.82. The monoisotopic (exact) mass is 177 g/mol. The molecule has 1 atom stereocenters. The second kappa shape index (κ2) is 4.19. The second-order valence-electron chi connectivity index (χ2n) is 3.19. The summed E-state index contributed by atoms with van der Waals surface area (Å²) in [6.07, 6.45) is 0. The molecule has 0 unspecified atom stereocenters. The molecule has 1 aromatic carbocycles. The predicted octanol–water partition coefficient (Wildman–Crippen LogP) is 1.79. The maximum atomic E-state index is 11.7. The summed E-state index contributed by atoms with van der Waals surface area (Å²) in [5, 5.41) is 2.94. The van der Waals surface area contributed by atoms with Crippen LogP contribution in [0.2, 0.25) is 0 Å².